The molecule has 0 fully saturated rings. The molecule has 200 valence electrons. The Balaban J connectivity index is 1.87. The highest BCUT2D eigenvalue weighted by Gasteiger charge is 2.51. The Morgan fingerprint density at radius 2 is 1.79 bits per heavy atom. The third kappa shape index (κ3) is 3.99. The second-order valence-electron chi connectivity index (χ2n) is 12.5. The molecule has 2 aromatic rings. The molecule has 1 aliphatic carbocycles. The van der Waals surface area contributed by atoms with Crippen molar-refractivity contribution in [1.29, 1.82) is 0 Å². The van der Waals surface area contributed by atoms with E-state index in [2.05, 4.69) is 20.8 Å². The monoisotopic (exact) mass is 517 g/mol. The first-order valence-electron chi connectivity index (χ1n) is 13.0. The molecule has 0 spiro atoms. The number of allylic oxidation sites excluding steroid dienone is 2. The van der Waals surface area contributed by atoms with Gasteiger partial charge in [-0.15, -0.1) is 0 Å². The molecule has 0 saturated carbocycles. The number of amides is 1. The molecule has 38 heavy (non-hydrogen) atoms. The third-order valence-electron chi connectivity index (χ3n) is 8.17. The highest BCUT2D eigenvalue weighted by Crippen LogP contribution is 2.54. The van der Waals surface area contributed by atoms with Crippen LogP contribution in [0, 0.1) is 10.8 Å². The van der Waals surface area contributed by atoms with E-state index in [1.54, 1.807) is 30.1 Å². The predicted molar refractivity (Wildman–Crippen MR) is 144 cm³/mol. The van der Waals surface area contributed by atoms with Crippen LogP contribution >= 0.6 is 0 Å². The molecule has 7 heteroatoms. The summed E-state index contributed by atoms with van der Waals surface area (Å²) in [6.07, 6.45) is 1.27. The van der Waals surface area contributed by atoms with E-state index >= 15 is 0 Å². The van der Waals surface area contributed by atoms with Crippen molar-refractivity contribution in [3.8, 4) is 5.75 Å². The fourth-order valence-corrected chi connectivity index (χ4v) is 6.44. The molecule has 2 aliphatic heterocycles. The Morgan fingerprint density at radius 3 is 2.42 bits per heavy atom. The number of nitrogens with zero attached hydrogens (tertiary/aromatic N) is 1. The Hall–Kier alpha value is -3.61. The summed E-state index contributed by atoms with van der Waals surface area (Å²) >= 11 is 0. The first-order valence-corrected chi connectivity index (χ1v) is 13.0. The minimum absolute atomic E-state index is 0.0385. The van der Waals surface area contributed by atoms with E-state index in [9.17, 15) is 19.5 Å². The van der Waals surface area contributed by atoms with Crippen LogP contribution in [0.2, 0.25) is 0 Å². The van der Waals surface area contributed by atoms with Crippen molar-refractivity contribution in [3.63, 3.8) is 0 Å². The van der Waals surface area contributed by atoms with E-state index in [0.717, 1.165) is 0 Å². The van der Waals surface area contributed by atoms with Crippen LogP contribution in [-0.4, -0.2) is 47.9 Å². The lowest BCUT2D eigenvalue weighted by Crippen LogP contribution is -2.51. The van der Waals surface area contributed by atoms with Gasteiger partial charge in [0.25, 0.3) is 5.91 Å². The van der Waals surface area contributed by atoms with Gasteiger partial charge in [0, 0.05) is 43.5 Å². The van der Waals surface area contributed by atoms with Crippen LogP contribution in [0.5, 0.6) is 5.75 Å². The average molecular weight is 518 g/mol. The van der Waals surface area contributed by atoms with E-state index in [1.165, 1.54) is 7.11 Å². The number of carboxylic acid groups (broad SMARTS) is 1. The maximum Gasteiger partial charge on any atom is 0.336 e. The van der Waals surface area contributed by atoms with Crippen LogP contribution in [0.4, 0.5) is 0 Å². The summed E-state index contributed by atoms with van der Waals surface area (Å²) in [5.74, 6) is -1.05. The lowest BCUT2D eigenvalue weighted by molar-refractivity contribution is -0.132. The zero-order valence-corrected chi connectivity index (χ0v) is 23.1. The molecule has 0 unspecified atom stereocenters. The molecule has 1 N–H and O–H groups in total. The predicted octanol–water partition coefficient (Wildman–Crippen LogP) is 5.83. The van der Waals surface area contributed by atoms with E-state index in [4.69, 9.17) is 9.47 Å². The molecule has 7 nitrogen and oxygen atoms in total. The summed E-state index contributed by atoms with van der Waals surface area (Å²) < 4.78 is 12.2. The largest absolute Gasteiger partial charge is 0.496 e. The molecule has 5 rings (SSSR count). The van der Waals surface area contributed by atoms with Gasteiger partial charge in [0.1, 0.15) is 17.3 Å². The summed E-state index contributed by atoms with van der Waals surface area (Å²) in [6, 6.07) is 8.87. The number of carboxylic acids is 1. The van der Waals surface area contributed by atoms with Gasteiger partial charge in [-0.05, 0) is 27.7 Å². The van der Waals surface area contributed by atoms with Crippen LogP contribution in [0.1, 0.15) is 75.7 Å². The lowest BCUT2D eigenvalue weighted by atomic mass is 9.67. The van der Waals surface area contributed by atoms with E-state index in [1.807, 2.05) is 26.0 Å². The molecular weight excluding hydrogens is 482 g/mol. The highest BCUT2D eigenvalue weighted by atomic mass is 16.5. The zero-order valence-electron chi connectivity index (χ0n) is 23.1. The van der Waals surface area contributed by atoms with Gasteiger partial charge in [-0.2, -0.15) is 0 Å². The van der Waals surface area contributed by atoms with Gasteiger partial charge in [0.2, 0.25) is 0 Å². The summed E-state index contributed by atoms with van der Waals surface area (Å²) in [6.45, 7) is 10.3. The second-order valence-corrected chi connectivity index (χ2v) is 12.5. The summed E-state index contributed by atoms with van der Waals surface area (Å²) in [5.41, 5.74) is 0.527. The molecule has 1 amide bonds. The van der Waals surface area contributed by atoms with E-state index in [-0.39, 0.29) is 40.5 Å². The Labute approximate surface area is 223 Å². The van der Waals surface area contributed by atoms with Crippen molar-refractivity contribution < 1.29 is 29.0 Å². The molecule has 0 bridgehead atoms. The molecule has 0 aromatic heterocycles. The van der Waals surface area contributed by atoms with Crippen molar-refractivity contribution in [2.24, 2.45) is 10.8 Å². The fourth-order valence-electron chi connectivity index (χ4n) is 6.44. The minimum atomic E-state index is -1.14. The number of fused-ring (bicyclic) bond motifs is 1. The van der Waals surface area contributed by atoms with Gasteiger partial charge < -0.3 is 19.5 Å². The number of Topliss-reactive ketones (excluding diaryl/α,β-unsaturated/α-hetero) is 1. The van der Waals surface area contributed by atoms with E-state index in [0.29, 0.717) is 57.6 Å². The summed E-state index contributed by atoms with van der Waals surface area (Å²) in [7, 11) is 3.25. The van der Waals surface area contributed by atoms with E-state index < -0.39 is 11.9 Å². The van der Waals surface area contributed by atoms with Crippen molar-refractivity contribution in [3.05, 3.63) is 64.1 Å². The van der Waals surface area contributed by atoms with Crippen LogP contribution < -0.4 is 4.74 Å². The normalized spacial score (nSPS) is 23.3. The van der Waals surface area contributed by atoms with Gasteiger partial charge in [-0.25, -0.2) is 4.79 Å². The number of ketones is 1. The quantitative estimate of drug-likeness (QED) is 0.550. The van der Waals surface area contributed by atoms with Crippen molar-refractivity contribution in [2.45, 2.75) is 65.8 Å². The number of benzene rings is 2. The van der Waals surface area contributed by atoms with Gasteiger partial charge in [0.05, 0.1) is 24.2 Å². The fraction of sp³-hybridized carbons (Fsp3) is 0.452. The van der Waals surface area contributed by atoms with Gasteiger partial charge >= 0.3 is 5.97 Å². The SMILES string of the molecule is COc1cc2ccccc2c(C(=O)O)c1[C@H]1C2=C(CC(C)(C)CC2=O)OC2=C1C(=O)N(C)[C@H](C(C)(C)C)C2. The van der Waals surface area contributed by atoms with Gasteiger partial charge in [0.15, 0.2) is 5.78 Å². The number of carbonyl (C=O) groups is 3. The number of hydrogen-bond acceptors (Lipinski definition) is 5. The molecule has 0 saturated heterocycles. The molecule has 3 aliphatic rings. The number of carbonyl (C=O) groups excluding carboxylic acids is 2. The third-order valence-corrected chi connectivity index (χ3v) is 8.17. The standard InChI is InChI=1S/C31H35NO6/c1-30(2,3)22-13-20-26(28(34)32(22)6)27(24-18(33)14-31(4,5)15-21(24)38-20)25-19(37-7)12-16-10-8-9-11-17(16)23(25)29(35)36/h8-12,22,27H,13-15H2,1-7H3,(H,35,36)/t22-,27+/m0/s1. The van der Waals surface area contributed by atoms with Crippen LogP contribution in [0.15, 0.2) is 53.0 Å². The van der Waals surface area contributed by atoms with Crippen LogP contribution in [-0.2, 0) is 14.3 Å². The first kappa shape index (κ1) is 26.0. The number of likely N-dealkylation sites (N-methyl/N-ethyl adjacent to an activating group) is 1. The van der Waals surface area contributed by atoms with Crippen molar-refractivity contribution in [1.82, 2.24) is 4.90 Å². The molecule has 2 atom stereocenters. The topological polar surface area (TPSA) is 93.1 Å². The highest BCUT2D eigenvalue weighted by molar-refractivity contribution is 6.10. The summed E-state index contributed by atoms with van der Waals surface area (Å²) in [4.78, 5) is 42.5. The average Bonchev–Trinajstić information content (AvgIpc) is 2.82. The maximum absolute atomic E-state index is 14.1. The van der Waals surface area contributed by atoms with Crippen LogP contribution in [0.25, 0.3) is 10.8 Å². The number of hydrogen-bond donors (Lipinski definition) is 1. The number of rotatable bonds is 3. The Morgan fingerprint density at radius 1 is 1.11 bits per heavy atom. The van der Waals surface area contributed by atoms with Gasteiger partial charge in [-0.3, -0.25) is 9.59 Å². The Kier molecular flexibility index (Phi) is 5.97. The summed E-state index contributed by atoms with van der Waals surface area (Å²) in [5, 5.41) is 11.8. The first-order chi connectivity index (χ1) is 17.7. The number of aromatic carboxylic acids is 1. The molecule has 2 aromatic carbocycles. The lowest BCUT2D eigenvalue weighted by Gasteiger charge is -2.47. The second kappa shape index (κ2) is 8.72. The minimum Gasteiger partial charge on any atom is -0.496 e. The van der Waals surface area contributed by atoms with Crippen molar-refractivity contribution in [2.75, 3.05) is 14.2 Å². The Bertz CT molecular complexity index is 1450. The van der Waals surface area contributed by atoms with Crippen LogP contribution in [0.3, 0.4) is 0 Å². The maximum atomic E-state index is 14.1. The molecule has 0 radical (unpaired) electrons. The number of methoxy groups -OCH3 is 1. The van der Waals surface area contributed by atoms with Gasteiger partial charge in [-0.1, -0.05) is 58.9 Å². The zero-order chi connectivity index (χ0) is 27.7. The molecule has 2 heterocycles. The number of ether oxygens (including phenoxy) is 2. The molecular formula is C31H35NO6. The van der Waals surface area contributed by atoms with Crippen molar-refractivity contribution >= 4 is 28.4 Å². The smallest absolute Gasteiger partial charge is 0.336 e.